The van der Waals surface area contributed by atoms with Crippen LogP contribution in [0.5, 0.6) is 0 Å². The van der Waals surface area contributed by atoms with E-state index in [1.165, 1.54) is 43.4 Å². The maximum Gasteiger partial charge on any atom is 0.230 e. The minimum absolute atomic E-state index is 0.0533. The van der Waals surface area contributed by atoms with Crippen molar-refractivity contribution in [2.24, 2.45) is 5.92 Å². The second-order valence-corrected chi connectivity index (χ2v) is 9.40. The zero-order valence-electron chi connectivity index (χ0n) is 13.6. The van der Waals surface area contributed by atoms with E-state index in [4.69, 9.17) is 0 Å². The number of hydrogen-bond acceptors (Lipinski definition) is 6. The number of hydrogen-bond donors (Lipinski definition) is 1. The van der Waals surface area contributed by atoms with E-state index in [0.29, 0.717) is 11.6 Å². The van der Waals surface area contributed by atoms with E-state index in [2.05, 4.69) is 22.4 Å². The highest BCUT2D eigenvalue weighted by molar-refractivity contribution is 7.91. The van der Waals surface area contributed by atoms with Gasteiger partial charge in [0.05, 0.1) is 17.4 Å². The third kappa shape index (κ3) is 6.18. The van der Waals surface area contributed by atoms with Crippen molar-refractivity contribution < 1.29 is 13.2 Å². The SMILES string of the molecule is CCCCCCCCc1nnc(NC(=O)[C@@H]2CCS(=O)(=O)C2)s1. The molecule has 130 valence electrons. The molecule has 1 saturated heterocycles. The summed E-state index contributed by atoms with van der Waals surface area (Å²) in [6.07, 6.45) is 8.67. The summed E-state index contributed by atoms with van der Waals surface area (Å²) in [5, 5.41) is 12.2. The lowest BCUT2D eigenvalue weighted by atomic mass is 10.1. The number of nitrogens with one attached hydrogen (secondary N) is 1. The van der Waals surface area contributed by atoms with Gasteiger partial charge in [0.2, 0.25) is 11.0 Å². The molecule has 0 aromatic carbocycles. The van der Waals surface area contributed by atoms with E-state index in [0.717, 1.165) is 17.8 Å². The number of aromatic nitrogens is 2. The van der Waals surface area contributed by atoms with Crippen LogP contribution in [0.25, 0.3) is 0 Å². The first-order chi connectivity index (χ1) is 11.0. The molecule has 1 fully saturated rings. The van der Waals surface area contributed by atoms with E-state index in [9.17, 15) is 13.2 Å². The summed E-state index contributed by atoms with van der Waals surface area (Å²) in [7, 11) is -3.04. The third-order valence-corrected chi connectivity index (χ3v) is 6.71. The highest BCUT2D eigenvalue weighted by atomic mass is 32.2. The molecule has 1 N–H and O–H groups in total. The lowest BCUT2D eigenvalue weighted by Crippen LogP contribution is -2.23. The van der Waals surface area contributed by atoms with E-state index in [1.54, 1.807) is 0 Å². The average molecular weight is 360 g/mol. The van der Waals surface area contributed by atoms with Gasteiger partial charge in [-0.3, -0.25) is 4.79 Å². The summed E-state index contributed by atoms with van der Waals surface area (Å²) in [5.74, 6) is -0.661. The topological polar surface area (TPSA) is 89.0 Å². The molecule has 1 aromatic heterocycles. The van der Waals surface area contributed by atoms with E-state index in [1.807, 2.05) is 0 Å². The number of sulfone groups is 1. The zero-order chi connectivity index (χ0) is 16.7. The normalized spacial score (nSPS) is 19.8. The van der Waals surface area contributed by atoms with Crippen molar-refractivity contribution in [3.8, 4) is 0 Å². The van der Waals surface area contributed by atoms with Crippen LogP contribution in [0.3, 0.4) is 0 Å². The minimum Gasteiger partial charge on any atom is -0.300 e. The Bertz CT molecular complexity index is 613. The molecule has 0 spiro atoms. The summed E-state index contributed by atoms with van der Waals surface area (Å²) in [5.41, 5.74) is 0. The fourth-order valence-corrected chi connectivity index (χ4v) is 5.20. The van der Waals surface area contributed by atoms with Gasteiger partial charge >= 0.3 is 0 Å². The second kappa shape index (κ2) is 8.73. The van der Waals surface area contributed by atoms with E-state index < -0.39 is 15.8 Å². The van der Waals surface area contributed by atoms with Crippen LogP contribution in [0, 0.1) is 5.92 Å². The Hall–Kier alpha value is -1.02. The smallest absolute Gasteiger partial charge is 0.230 e. The summed E-state index contributed by atoms with van der Waals surface area (Å²) in [6.45, 7) is 2.21. The highest BCUT2D eigenvalue weighted by Crippen LogP contribution is 2.22. The molecule has 0 aliphatic carbocycles. The molecule has 2 rings (SSSR count). The molecule has 6 nitrogen and oxygen atoms in total. The number of unbranched alkanes of at least 4 members (excludes halogenated alkanes) is 5. The van der Waals surface area contributed by atoms with Gasteiger partial charge in [-0.2, -0.15) is 0 Å². The van der Waals surface area contributed by atoms with Crippen molar-refractivity contribution >= 4 is 32.2 Å². The molecule has 2 heterocycles. The Kier molecular flexibility index (Phi) is 6.95. The molecule has 1 aliphatic heterocycles. The van der Waals surface area contributed by atoms with Crippen LogP contribution >= 0.6 is 11.3 Å². The fourth-order valence-electron chi connectivity index (χ4n) is 2.67. The van der Waals surface area contributed by atoms with Crippen LogP contribution in [0.1, 0.15) is 56.9 Å². The quantitative estimate of drug-likeness (QED) is 0.685. The molecule has 0 bridgehead atoms. The van der Waals surface area contributed by atoms with E-state index >= 15 is 0 Å². The monoisotopic (exact) mass is 359 g/mol. The average Bonchev–Trinajstić information content (AvgIpc) is 3.09. The molecule has 0 radical (unpaired) electrons. The number of nitrogens with zero attached hydrogens (tertiary/aromatic N) is 2. The number of carbonyl (C=O) groups is 1. The molecule has 1 aromatic rings. The predicted molar refractivity (Wildman–Crippen MR) is 92.4 cm³/mol. The van der Waals surface area contributed by atoms with Gasteiger partial charge in [-0.05, 0) is 12.8 Å². The van der Waals surface area contributed by atoms with Gasteiger partial charge in [0, 0.05) is 6.42 Å². The molecule has 8 heteroatoms. The van der Waals surface area contributed by atoms with E-state index in [-0.39, 0.29) is 17.4 Å². The van der Waals surface area contributed by atoms with Crippen LogP contribution in [-0.2, 0) is 21.1 Å². The maximum absolute atomic E-state index is 12.0. The van der Waals surface area contributed by atoms with Crippen molar-refractivity contribution in [2.45, 2.75) is 58.3 Å². The van der Waals surface area contributed by atoms with Gasteiger partial charge in [0.25, 0.3) is 0 Å². The van der Waals surface area contributed by atoms with Gasteiger partial charge in [-0.1, -0.05) is 50.4 Å². The summed E-state index contributed by atoms with van der Waals surface area (Å²) >= 11 is 1.38. The van der Waals surface area contributed by atoms with Gasteiger partial charge in [-0.25, -0.2) is 8.42 Å². The predicted octanol–water partition coefficient (Wildman–Crippen LogP) is 2.81. The Morgan fingerprint density at radius 1 is 1.22 bits per heavy atom. The largest absolute Gasteiger partial charge is 0.300 e. The van der Waals surface area contributed by atoms with Crippen molar-refractivity contribution in [1.29, 1.82) is 0 Å². The van der Waals surface area contributed by atoms with Crippen LogP contribution in [-0.4, -0.2) is 36.0 Å². The van der Waals surface area contributed by atoms with Gasteiger partial charge < -0.3 is 5.32 Å². The van der Waals surface area contributed by atoms with Crippen molar-refractivity contribution in [3.05, 3.63) is 5.01 Å². The first-order valence-electron chi connectivity index (χ1n) is 8.34. The molecule has 1 atom stereocenters. The molecular formula is C15H25N3O3S2. The third-order valence-electron chi connectivity index (χ3n) is 4.04. The lowest BCUT2D eigenvalue weighted by molar-refractivity contribution is -0.119. The van der Waals surface area contributed by atoms with Gasteiger partial charge in [0.15, 0.2) is 9.84 Å². The first kappa shape index (κ1) is 18.3. The van der Waals surface area contributed by atoms with Crippen LogP contribution in [0.15, 0.2) is 0 Å². The van der Waals surface area contributed by atoms with Gasteiger partial charge in [-0.15, -0.1) is 10.2 Å². The Morgan fingerprint density at radius 3 is 2.65 bits per heavy atom. The minimum atomic E-state index is -3.04. The number of rotatable bonds is 9. The standard InChI is InChI=1S/C15H25N3O3S2/c1-2-3-4-5-6-7-8-13-17-18-15(22-13)16-14(19)12-9-10-23(20,21)11-12/h12H,2-11H2,1H3,(H,16,18,19)/t12-/m1/s1. The van der Waals surface area contributed by atoms with Crippen LogP contribution in [0.4, 0.5) is 5.13 Å². The number of aryl methyl sites for hydroxylation is 1. The summed E-state index contributed by atoms with van der Waals surface area (Å²) in [6, 6.07) is 0. The van der Waals surface area contributed by atoms with Crippen LogP contribution < -0.4 is 5.32 Å². The maximum atomic E-state index is 12.0. The molecule has 23 heavy (non-hydrogen) atoms. The molecule has 1 amide bonds. The van der Waals surface area contributed by atoms with Crippen molar-refractivity contribution in [1.82, 2.24) is 10.2 Å². The molecule has 0 unspecified atom stereocenters. The van der Waals surface area contributed by atoms with Crippen molar-refractivity contribution in [3.63, 3.8) is 0 Å². The molecule has 0 saturated carbocycles. The summed E-state index contributed by atoms with van der Waals surface area (Å²) < 4.78 is 22.8. The molecule has 1 aliphatic rings. The Labute approximate surface area is 142 Å². The number of anilines is 1. The molecular weight excluding hydrogens is 334 g/mol. The number of carbonyl (C=O) groups excluding carboxylic acids is 1. The second-order valence-electron chi connectivity index (χ2n) is 6.11. The Balaban J connectivity index is 1.71. The zero-order valence-corrected chi connectivity index (χ0v) is 15.2. The Morgan fingerprint density at radius 2 is 1.96 bits per heavy atom. The van der Waals surface area contributed by atoms with Crippen LogP contribution in [0.2, 0.25) is 0 Å². The van der Waals surface area contributed by atoms with Crippen molar-refractivity contribution in [2.75, 3.05) is 16.8 Å². The van der Waals surface area contributed by atoms with Gasteiger partial charge in [0.1, 0.15) is 5.01 Å². The highest BCUT2D eigenvalue weighted by Gasteiger charge is 2.33. The fraction of sp³-hybridized carbons (Fsp3) is 0.800. The lowest BCUT2D eigenvalue weighted by Gasteiger charge is -2.05. The number of amides is 1. The summed E-state index contributed by atoms with van der Waals surface area (Å²) in [4.78, 5) is 12.0. The first-order valence-corrected chi connectivity index (χ1v) is 11.0.